The predicted molar refractivity (Wildman–Crippen MR) is 64.6 cm³/mol. The minimum Gasteiger partial charge on any atom is -0.481 e. The lowest BCUT2D eigenvalue weighted by atomic mass is 9.94. The topological polar surface area (TPSA) is 43.8 Å². The molecule has 0 saturated carbocycles. The van der Waals surface area contributed by atoms with Crippen LogP contribution in [-0.4, -0.2) is 59.1 Å². The minimum absolute atomic E-state index is 0.0630. The van der Waals surface area contributed by atoms with Crippen LogP contribution in [0.5, 0.6) is 0 Å². The van der Waals surface area contributed by atoms with Gasteiger partial charge in [0.25, 0.3) is 0 Å². The van der Waals surface area contributed by atoms with Crippen molar-refractivity contribution < 1.29 is 9.90 Å². The van der Waals surface area contributed by atoms with Crippen LogP contribution in [0.2, 0.25) is 0 Å². The molecule has 0 spiro atoms. The van der Waals surface area contributed by atoms with Crippen LogP contribution < -0.4 is 0 Å². The molecule has 1 fully saturated rings. The Labute approximate surface area is 98.2 Å². The van der Waals surface area contributed by atoms with Crippen LogP contribution in [0.4, 0.5) is 0 Å². The lowest BCUT2D eigenvalue weighted by molar-refractivity contribution is -0.140. The lowest BCUT2D eigenvalue weighted by Crippen LogP contribution is -2.62. The molecule has 0 aromatic carbocycles. The smallest absolute Gasteiger partial charge is 0.304 e. The highest BCUT2D eigenvalue weighted by molar-refractivity contribution is 5.67. The Bertz CT molecular complexity index is 253. The summed E-state index contributed by atoms with van der Waals surface area (Å²) in [5, 5.41) is 8.92. The fraction of sp³-hybridized carbons (Fsp3) is 0.917. The van der Waals surface area contributed by atoms with Crippen molar-refractivity contribution in [1.29, 1.82) is 0 Å². The number of carbonyl (C=O) groups is 1. The van der Waals surface area contributed by atoms with E-state index in [0.717, 1.165) is 26.1 Å². The maximum atomic E-state index is 10.8. The molecule has 0 aliphatic carbocycles. The third-order valence-corrected chi connectivity index (χ3v) is 3.53. The van der Waals surface area contributed by atoms with Crippen molar-refractivity contribution in [3.63, 3.8) is 0 Å². The fourth-order valence-electron chi connectivity index (χ4n) is 2.53. The van der Waals surface area contributed by atoms with E-state index in [-0.39, 0.29) is 18.0 Å². The molecule has 1 aliphatic heterocycles. The van der Waals surface area contributed by atoms with Crippen LogP contribution in [0.3, 0.4) is 0 Å². The fourth-order valence-corrected chi connectivity index (χ4v) is 2.53. The van der Waals surface area contributed by atoms with Crippen molar-refractivity contribution in [1.82, 2.24) is 9.80 Å². The second-order valence-corrected chi connectivity index (χ2v) is 5.41. The van der Waals surface area contributed by atoms with Crippen molar-refractivity contribution in [2.45, 2.75) is 45.2 Å². The van der Waals surface area contributed by atoms with Gasteiger partial charge in [0.2, 0.25) is 0 Å². The van der Waals surface area contributed by atoms with Crippen LogP contribution in [0.25, 0.3) is 0 Å². The molecule has 1 unspecified atom stereocenters. The predicted octanol–water partition coefficient (Wildman–Crippen LogP) is 1.27. The molecule has 1 aliphatic rings. The normalized spacial score (nSPS) is 26.9. The SMILES string of the molecule is CCCN1CC(CC(=O)O)N(C)C(C)(C)C1. The molecule has 0 radical (unpaired) electrons. The van der Waals surface area contributed by atoms with Crippen molar-refractivity contribution in [2.24, 2.45) is 0 Å². The number of rotatable bonds is 4. The molecule has 1 heterocycles. The summed E-state index contributed by atoms with van der Waals surface area (Å²) in [6, 6.07) is 0.132. The van der Waals surface area contributed by atoms with Gasteiger partial charge < -0.3 is 5.11 Å². The molecule has 0 amide bonds. The zero-order valence-electron chi connectivity index (χ0n) is 10.9. The number of nitrogens with zero attached hydrogens (tertiary/aromatic N) is 2. The van der Waals surface area contributed by atoms with E-state index in [1.165, 1.54) is 0 Å². The highest BCUT2D eigenvalue weighted by atomic mass is 16.4. The van der Waals surface area contributed by atoms with Gasteiger partial charge in [-0.25, -0.2) is 0 Å². The number of piperazine rings is 1. The highest BCUT2D eigenvalue weighted by Crippen LogP contribution is 2.25. The van der Waals surface area contributed by atoms with Crippen molar-refractivity contribution in [3.8, 4) is 0 Å². The zero-order valence-corrected chi connectivity index (χ0v) is 10.9. The molecule has 4 heteroatoms. The summed E-state index contributed by atoms with van der Waals surface area (Å²) in [7, 11) is 2.04. The van der Waals surface area contributed by atoms with Gasteiger partial charge in [-0.05, 0) is 33.9 Å². The Morgan fingerprint density at radius 3 is 2.62 bits per heavy atom. The van der Waals surface area contributed by atoms with Gasteiger partial charge in [0.15, 0.2) is 0 Å². The van der Waals surface area contributed by atoms with E-state index in [1.54, 1.807) is 0 Å². The lowest BCUT2D eigenvalue weighted by Gasteiger charge is -2.50. The van der Waals surface area contributed by atoms with Gasteiger partial charge in [-0.1, -0.05) is 6.92 Å². The second-order valence-electron chi connectivity index (χ2n) is 5.41. The number of carboxylic acids is 1. The first-order valence-electron chi connectivity index (χ1n) is 6.04. The molecule has 0 aromatic heterocycles. The van der Waals surface area contributed by atoms with E-state index in [4.69, 9.17) is 5.11 Å². The summed E-state index contributed by atoms with van der Waals surface area (Å²) < 4.78 is 0. The average Bonchev–Trinajstić information content (AvgIpc) is 2.12. The Hall–Kier alpha value is -0.610. The van der Waals surface area contributed by atoms with Crippen LogP contribution in [0.1, 0.15) is 33.6 Å². The second kappa shape index (κ2) is 5.15. The Morgan fingerprint density at radius 1 is 1.50 bits per heavy atom. The van der Waals surface area contributed by atoms with Crippen molar-refractivity contribution in [2.75, 3.05) is 26.7 Å². The van der Waals surface area contributed by atoms with Crippen LogP contribution in [0, 0.1) is 0 Å². The Balaban J connectivity index is 2.70. The quantitative estimate of drug-likeness (QED) is 0.787. The Morgan fingerprint density at radius 2 is 2.12 bits per heavy atom. The number of likely N-dealkylation sites (N-methyl/N-ethyl adjacent to an activating group) is 1. The third kappa shape index (κ3) is 3.19. The number of aliphatic carboxylic acids is 1. The molecule has 0 bridgehead atoms. The van der Waals surface area contributed by atoms with E-state index >= 15 is 0 Å². The monoisotopic (exact) mass is 228 g/mol. The zero-order chi connectivity index (χ0) is 12.3. The minimum atomic E-state index is -0.703. The molecule has 0 aromatic rings. The first-order valence-corrected chi connectivity index (χ1v) is 6.04. The molecule has 1 atom stereocenters. The maximum absolute atomic E-state index is 10.8. The summed E-state index contributed by atoms with van der Waals surface area (Å²) in [5.41, 5.74) is 0.0630. The van der Waals surface area contributed by atoms with Gasteiger partial charge >= 0.3 is 5.97 Å². The maximum Gasteiger partial charge on any atom is 0.304 e. The molecular formula is C12H24N2O2. The van der Waals surface area contributed by atoms with Gasteiger partial charge in [0, 0.05) is 24.7 Å². The molecular weight excluding hydrogens is 204 g/mol. The summed E-state index contributed by atoms with van der Waals surface area (Å²) in [4.78, 5) is 15.4. The van der Waals surface area contributed by atoms with Gasteiger partial charge in [0.1, 0.15) is 0 Å². The van der Waals surface area contributed by atoms with Gasteiger partial charge in [-0.3, -0.25) is 14.6 Å². The molecule has 1 rings (SSSR count). The van der Waals surface area contributed by atoms with Crippen LogP contribution >= 0.6 is 0 Å². The highest BCUT2D eigenvalue weighted by Gasteiger charge is 2.37. The van der Waals surface area contributed by atoms with Gasteiger partial charge in [0.05, 0.1) is 6.42 Å². The Kier molecular flexibility index (Phi) is 4.33. The largest absolute Gasteiger partial charge is 0.481 e. The number of hydrogen-bond donors (Lipinski definition) is 1. The molecule has 94 valence electrons. The van der Waals surface area contributed by atoms with Crippen molar-refractivity contribution in [3.05, 3.63) is 0 Å². The van der Waals surface area contributed by atoms with E-state index < -0.39 is 5.97 Å². The average molecular weight is 228 g/mol. The molecule has 4 nitrogen and oxygen atoms in total. The van der Waals surface area contributed by atoms with E-state index in [0.29, 0.717) is 0 Å². The van der Waals surface area contributed by atoms with E-state index in [1.807, 2.05) is 7.05 Å². The van der Waals surface area contributed by atoms with Gasteiger partial charge in [-0.15, -0.1) is 0 Å². The molecule has 16 heavy (non-hydrogen) atoms. The van der Waals surface area contributed by atoms with Crippen LogP contribution in [-0.2, 0) is 4.79 Å². The molecule has 1 saturated heterocycles. The van der Waals surface area contributed by atoms with Crippen LogP contribution in [0.15, 0.2) is 0 Å². The van der Waals surface area contributed by atoms with E-state index in [9.17, 15) is 4.79 Å². The molecule has 1 N–H and O–H groups in total. The number of carboxylic acid groups (broad SMARTS) is 1. The summed E-state index contributed by atoms with van der Waals surface area (Å²) in [6.45, 7) is 9.49. The number of hydrogen-bond acceptors (Lipinski definition) is 3. The standard InChI is InChI=1S/C12H24N2O2/c1-5-6-14-8-10(7-11(15)16)13(4)12(2,3)9-14/h10H,5-9H2,1-4H3,(H,15,16). The third-order valence-electron chi connectivity index (χ3n) is 3.53. The van der Waals surface area contributed by atoms with E-state index in [2.05, 4.69) is 30.6 Å². The summed E-state index contributed by atoms with van der Waals surface area (Å²) >= 11 is 0. The van der Waals surface area contributed by atoms with Gasteiger partial charge in [-0.2, -0.15) is 0 Å². The van der Waals surface area contributed by atoms with Crippen molar-refractivity contribution >= 4 is 5.97 Å². The first-order chi connectivity index (χ1) is 7.36. The first kappa shape index (κ1) is 13.5. The summed E-state index contributed by atoms with van der Waals surface area (Å²) in [6.07, 6.45) is 1.36. The summed E-state index contributed by atoms with van der Waals surface area (Å²) in [5.74, 6) is -0.703.